The summed E-state index contributed by atoms with van der Waals surface area (Å²) in [6.07, 6.45) is 3.98. The van der Waals surface area contributed by atoms with Gasteiger partial charge in [-0.25, -0.2) is 4.98 Å². The summed E-state index contributed by atoms with van der Waals surface area (Å²) < 4.78 is 5.59. The summed E-state index contributed by atoms with van der Waals surface area (Å²) in [5.41, 5.74) is 3.06. The van der Waals surface area contributed by atoms with Crippen LogP contribution in [0.4, 0.5) is 11.5 Å². The summed E-state index contributed by atoms with van der Waals surface area (Å²) >= 11 is 6.05. The standard InChI is InChI=1S/C20H21ClN4O/c1-14-13-25(8-9-26-14)20-5-2-15(12-24-20)11-23-18-6-7-22-19-10-16(21)3-4-17(18)19/h2-7,10,12,14H,8-9,11,13H2,1H3,(H,22,23). The molecule has 1 aromatic carbocycles. The Labute approximate surface area is 158 Å². The molecule has 134 valence electrons. The van der Waals surface area contributed by atoms with Crippen LogP contribution in [0.15, 0.2) is 48.8 Å². The van der Waals surface area contributed by atoms with Crippen LogP contribution in [-0.4, -0.2) is 35.8 Å². The van der Waals surface area contributed by atoms with E-state index in [0.29, 0.717) is 11.6 Å². The molecular weight excluding hydrogens is 348 g/mol. The van der Waals surface area contributed by atoms with Gasteiger partial charge in [-0.15, -0.1) is 0 Å². The van der Waals surface area contributed by atoms with E-state index in [-0.39, 0.29) is 6.10 Å². The lowest BCUT2D eigenvalue weighted by Crippen LogP contribution is -2.41. The van der Waals surface area contributed by atoms with Gasteiger partial charge in [0, 0.05) is 48.1 Å². The average molecular weight is 369 g/mol. The topological polar surface area (TPSA) is 50.3 Å². The highest BCUT2D eigenvalue weighted by molar-refractivity contribution is 6.31. The number of aromatic nitrogens is 2. The minimum absolute atomic E-state index is 0.250. The van der Waals surface area contributed by atoms with Gasteiger partial charge in [0.25, 0.3) is 0 Å². The maximum Gasteiger partial charge on any atom is 0.128 e. The van der Waals surface area contributed by atoms with Crippen LogP contribution in [-0.2, 0) is 11.3 Å². The lowest BCUT2D eigenvalue weighted by atomic mass is 10.2. The molecule has 1 aliphatic heterocycles. The van der Waals surface area contributed by atoms with Gasteiger partial charge in [-0.3, -0.25) is 4.98 Å². The monoisotopic (exact) mass is 368 g/mol. The second-order valence-corrected chi connectivity index (χ2v) is 6.96. The number of halogens is 1. The number of benzene rings is 1. The van der Waals surface area contributed by atoms with Crippen LogP contribution < -0.4 is 10.2 Å². The maximum absolute atomic E-state index is 6.05. The predicted molar refractivity (Wildman–Crippen MR) is 106 cm³/mol. The van der Waals surface area contributed by atoms with Crippen molar-refractivity contribution in [1.82, 2.24) is 9.97 Å². The number of rotatable bonds is 4. The molecule has 0 radical (unpaired) electrons. The van der Waals surface area contributed by atoms with Gasteiger partial charge in [-0.05, 0) is 42.8 Å². The van der Waals surface area contributed by atoms with Gasteiger partial charge >= 0.3 is 0 Å². The Balaban J connectivity index is 1.45. The van der Waals surface area contributed by atoms with Gasteiger partial charge in [-0.2, -0.15) is 0 Å². The first-order chi connectivity index (χ1) is 12.7. The second kappa shape index (κ2) is 7.48. The van der Waals surface area contributed by atoms with Crippen LogP contribution in [0.1, 0.15) is 12.5 Å². The minimum Gasteiger partial charge on any atom is -0.380 e. The fourth-order valence-electron chi connectivity index (χ4n) is 3.21. The van der Waals surface area contributed by atoms with Crippen LogP contribution >= 0.6 is 11.6 Å². The van der Waals surface area contributed by atoms with Crippen molar-refractivity contribution in [2.75, 3.05) is 29.9 Å². The number of nitrogens with one attached hydrogen (secondary N) is 1. The first-order valence-electron chi connectivity index (χ1n) is 8.79. The fraction of sp³-hybridized carbons (Fsp3) is 0.300. The zero-order chi connectivity index (χ0) is 17.9. The quantitative estimate of drug-likeness (QED) is 0.750. The lowest BCUT2D eigenvalue weighted by Gasteiger charge is -2.32. The van der Waals surface area contributed by atoms with Gasteiger partial charge in [0.2, 0.25) is 0 Å². The highest BCUT2D eigenvalue weighted by Gasteiger charge is 2.17. The summed E-state index contributed by atoms with van der Waals surface area (Å²) in [6, 6.07) is 11.9. The molecule has 3 heterocycles. The minimum atomic E-state index is 0.250. The van der Waals surface area contributed by atoms with E-state index in [1.54, 1.807) is 6.20 Å². The number of morpholine rings is 1. The Morgan fingerprint density at radius 2 is 2.15 bits per heavy atom. The molecule has 1 saturated heterocycles. The Morgan fingerprint density at radius 3 is 2.96 bits per heavy atom. The van der Waals surface area contributed by atoms with Gasteiger partial charge in [0.1, 0.15) is 5.82 Å². The van der Waals surface area contributed by atoms with E-state index >= 15 is 0 Å². The third kappa shape index (κ3) is 3.74. The van der Waals surface area contributed by atoms with Crippen molar-refractivity contribution in [2.24, 2.45) is 0 Å². The summed E-state index contributed by atoms with van der Waals surface area (Å²) in [7, 11) is 0. The molecule has 0 saturated carbocycles. The fourth-order valence-corrected chi connectivity index (χ4v) is 3.37. The van der Waals surface area contributed by atoms with E-state index in [9.17, 15) is 0 Å². The number of fused-ring (bicyclic) bond motifs is 1. The second-order valence-electron chi connectivity index (χ2n) is 6.53. The molecule has 0 bridgehead atoms. The molecule has 1 N–H and O–H groups in total. The Kier molecular flexibility index (Phi) is 4.91. The van der Waals surface area contributed by atoms with E-state index in [1.165, 1.54) is 0 Å². The number of nitrogens with zero attached hydrogens (tertiary/aromatic N) is 3. The molecule has 2 aromatic heterocycles. The van der Waals surface area contributed by atoms with Crippen molar-refractivity contribution < 1.29 is 4.74 Å². The smallest absolute Gasteiger partial charge is 0.128 e. The summed E-state index contributed by atoms with van der Waals surface area (Å²) in [6.45, 7) is 5.33. The number of anilines is 2. The number of pyridine rings is 2. The summed E-state index contributed by atoms with van der Waals surface area (Å²) in [5.74, 6) is 1.01. The number of ether oxygens (including phenoxy) is 1. The van der Waals surface area contributed by atoms with Crippen molar-refractivity contribution in [3.63, 3.8) is 0 Å². The van der Waals surface area contributed by atoms with Crippen molar-refractivity contribution in [3.8, 4) is 0 Å². The van der Waals surface area contributed by atoms with Crippen LogP contribution in [0.5, 0.6) is 0 Å². The van der Waals surface area contributed by atoms with E-state index < -0.39 is 0 Å². The largest absolute Gasteiger partial charge is 0.380 e. The highest BCUT2D eigenvalue weighted by Crippen LogP contribution is 2.25. The molecule has 0 spiro atoms. The molecule has 0 aliphatic carbocycles. The zero-order valence-corrected chi connectivity index (χ0v) is 15.4. The maximum atomic E-state index is 6.05. The normalized spacial score (nSPS) is 17.5. The highest BCUT2D eigenvalue weighted by atomic mass is 35.5. The molecule has 5 nitrogen and oxygen atoms in total. The van der Waals surface area contributed by atoms with Gasteiger partial charge < -0.3 is 15.0 Å². The zero-order valence-electron chi connectivity index (χ0n) is 14.7. The SMILES string of the molecule is CC1CN(c2ccc(CNc3ccnc4cc(Cl)ccc34)cn2)CCO1. The van der Waals surface area contributed by atoms with E-state index in [0.717, 1.165) is 47.7 Å². The number of hydrogen-bond acceptors (Lipinski definition) is 5. The molecule has 1 fully saturated rings. The summed E-state index contributed by atoms with van der Waals surface area (Å²) in [5, 5.41) is 5.23. The molecule has 0 amide bonds. The van der Waals surface area contributed by atoms with Crippen molar-refractivity contribution in [2.45, 2.75) is 19.6 Å². The van der Waals surface area contributed by atoms with Crippen LogP contribution in [0, 0.1) is 0 Å². The Hall–Kier alpha value is -2.37. The van der Waals surface area contributed by atoms with Gasteiger partial charge in [0.15, 0.2) is 0 Å². The molecular formula is C20H21ClN4O. The van der Waals surface area contributed by atoms with Crippen LogP contribution in [0.2, 0.25) is 5.02 Å². The Bertz CT molecular complexity index is 900. The number of hydrogen-bond donors (Lipinski definition) is 1. The van der Waals surface area contributed by atoms with Crippen molar-refractivity contribution in [1.29, 1.82) is 0 Å². The molecule has 1 aliphatic rings. The van der Waals surface area contributed by atoms with E-state index in [1.807, 2.05) is 30.5 Å². The molecule has 26 heavy (non-hydrogen) atoms. The first-order valence-corrected chi connectivity index (χ1v) is 9.16. The predicted octanol–water partition coefficient (Wildman–Crippen LogP) is 4.12. The van der Waals surface area contributed by atoms with Crippen molar-refractivity contribution >= 4 is 34.0 Å². The van der Waals surface area contributed by atoms with Gasteiger partial charge in [0.05, 0.1) is 18.2 Å². The lowest BCUT2D eigenvalue weighted by molar-refractivity contribution is 0.0529. The Morgan fingerprint density at radius 1 is 1.23 bits per heavy atom. The van der Waals surface area contributed by atoms with Crippen LogP contribution in [0.3, 0.4) is 0 Å². The molecule has 1 unspecified atom stereocenters. The van der Waals surface area contributed by atoms with Crippen LogP contribution in [0.25, 0.3) is 10.9 Å². The van der Waals surface area contributed by atoms with E-state index in [2.05, 4.69) is 39.2 Å². The first kappa shape index (κ1) is 17.1. The third-order valence-electron chi connectivity index (χ3n) is 4.56. The molecule has 4 rings (SSSR count). The van der Waals surface area contributed by atoms with Crippen molar-refractivity contribution in [3.05, 3.63) is 59.4 Å². The summed E-state index contributed by atoms with van der Waals surface area (Å²) in [4.78, 5) is 11.3. The molecule has 6 heteroatoms. The average Bonchev–Trinajstić information content (AvgIpc) is 2.66. The third-order valence-corrected chi connectivity index (χ3v) is 4.80. The molecule has 1 atom stereocenters. The van der Waals surface area contributed by atoms with E-state index in [4.69, 9.17) is 16.3 Å². The van der Waals surface area contributed by atoms with Gasteiger partial charge in [-0.1, -0.05) is 17.7 Å². The molecule has 3 aromatic rings.